The quantitative estimate of drug-likeness (QED) is 0.572. The number of carbonyl (C=O) groups is 1. The molecule has 1 aliphatic heterocycles. The normalized spacial score (nSPS) is 16.6. The van der Waals surface area contributed by atoms with E-state index in [4.69, 9.17) is 23.2 Å². The lowest BCUT2D eigenvalue weighted by atomic mass is 10.0. The Morgan fingerprint density at radius 2 is 1.76 bits per heavy atom. The molecule has 1 aromatic heterocycles. The SMILES string of the molecule is O=C(c1ccc(Cl)cc1Cl)N1CCn2c(nnc2C(F)(F)F)[C@H]1c1ccccc1. The molecule has 29 heavy (non-hydrogen) atoms. The van der Waals surface area contributed by atoms with Crippen molar-refractivity contribution in [3.63, 3.8) is 0 Å². The average Bonchev–Trinajstić information content (AvgIpc) is 3.12. The maximum Gasteiger partial charge on any atom is 0.451 e. The molecule has 150 valence electrons. The van der Waals surface area contributed by atoms with Gasteiger partial charge in [-0.2, -0.15) is 13.2 Å². The molecule has 4 rings (SSSR count). The van der Waals surface area contributed by atoms with Crippen molar-refractivity contribution in [2.24, 2.45) is 0 Å². The van der Waals surface area contributed by atoms with Crippen molar-refractivity contribution >= 4 is 29.1 Å². The van der Waals surface area contributed by atoms with E-state index < -0.39 is 23.9 Å². The largest absolute Gasteiger partial charge is 0.451 e. The minimum absolute atomic E-state index is 0.0332. The Bertz CT molecular complexity index is 1070. The second-order valence-corrected chi connectivity index (χ2v) is 7.31. The molecule has 0 spiro atoms. The fourth-order valence-electron chi connectivity index (χ4n) is 3.42. The fourth-order valence-corrected chi connectivity index (χ4v) is 3.91. The summed E-state index contributed by atoms with van der Waals surface area (Å²) in [5, 5.41) is 7.67. The third-order valence-corrected chi connectivity index (χ3v) is 5.24. The van der Waals surface area contributed by atoms with Crippen LogP contribution in [-0.4, -0.2) is 32.1 Å². The number of rotatable bonds is 2. The first-order valence-electron chi connectivity index (χ1n) is 8.58. The maximum absolute atomic E-state index is 13.3. The molecule has 5 nitrogen and oxygen atoms in total. The molecule has 0 unspecified atom stereocenters. The summed E-state index contributed by atoms with van der Waals surface area (Å²) in [6.45, 7) is -0.0527. The lowest BCUT2D eigenvalue weighted by molar-refractivity contribution is -0.148. The van der Waals surface area contributed by atoms with Gasteiger partial charge in [0.2, 0.25) is 5.82 Å². The van der Waals surface area contributed by atoms with Crippen molar-refractivity contribution in [1.29, 1.82) is 0 Å². The molecular weight excluding hydrogens is 428 g/mol. The van der Waals surface area contributed by atoms with Gasteiger partial charge < -0.3 is 9.47 Å². The number of halogens is 5. The summed E-state index contributed by atoms with van der Waals surface area (Å²) in [5.41, 5.74) is 0.828. The first kappa shape index (κ1) is 19.7. The van der Waals surface area contributed by atoms with Gasteiger partial charge in [0.15, 0.2) is 5.82 Å². The van der Waals surface area contributed by atoms with Crippen LogP contribution in [0.25, 0.3) is 0 Å². The molecule has 0 radical (unpaired) electrons. The van der Waals surface area contributed by atoms with Crippen molar-refractivity contribution in [3.8, 4) is 0 Å². The van der Waals surface area contributed by atoms with Gasteiger partial charge in [0, 0.05) is 18.1 Å². The second kappa shape index (κ2) is 7.35. The van der Waals surface area contributed by atoms with Gasteiger partial charge in [0.05, 0.1) is 10.6 Å². The first-order chi connectivity index (χ1) is 13.8. The summed E-state index contributed by atoms with van der Waals surface area (Å²) in [4.78, 5) is 14.7. The maximum atomic E-state index is 13.3. The third-order valence-electron chi connectivity index (χ3n) is 4.69. The van der Waals surface area contributed by atoms with Crippen molar-refractivity contribution in [3.05, 3.63) is 81.4 Å². The van der Waals surface area contributed by atoms with Crippen molar-refractivity contribution in [1.82, 2.24) is 19.7 Å². The smallest absolute Gasteiger partial charge is 0.322 e. The molecule has 0 N–H and O–H groups in total. The van der Waals surface area contributed by atoms with Crippen LogP contribution in [0.4, 0.5) is 13.2 Å². The van der Waals surface area contributed by atoms with Gasteiger partial charge in [-0.1, -0.05) is 53.5 Å². The molecule has 1 atom stereocenters. The van der Waals surface area contributed by atoms with Crippen LogP contribution < -0.4 is 0 Å². The summed E-state index contributed by atoms with van der Waals surface area (Å²) < 4.78 is 41.0. The molecule has 2 heterocycles. The van der Waals surface area contributed by atoms with E-state index in [1.54, 1.807) is 30.3 Å². The molecule has 3 aromatic rings. The van der Waals surface area contributed by atoms with Crippen LogP contribution in [0.2, 0.25) is 10.0 Å². The standard InChI is InChI=1S/C19H13Cl2F3N4O/c20-12-6-7-13(14(21)10-12)17(29)27-8-9-28-16(25-26-18(28)19(22,23)24)15(27)11-4-2-1-3-5-11/h1-7,10,15H,8-9H2/t15-/m1/s1. The number of aromatic nitrogens is 3. The molecule has 2 aromatic carbocycles. The Morgan fingerprint density at radius 3 is 2.41 bits per heavy atom. The summed E-state index contributed by atoms with van der Waals surface area (Å²) in [6.07, 6.45) is -4.64. The number of amides is 1. The molecular formula is C19H13Cl2F3N4O. The minimum Gasteiger partial charge on any atom is -0.322 e. The highest BCUT2D eigenvalue weighted by molar-refractivity contribution is 6.36. The average molecular weight is 441 g/mol. The van der Waals surface area contributed by atoms with Crippen LogP contribution in [0.5, 0.6) is 0 Å². The summed E-state index contributed by atoms with van der Waals surface area (Å²) in [6, 6.07) is 12.4. The molecule has 0 bridgehead atoms. The zero-order valence-electron chi connectivity index (χ0n) is 14.7. The van der Waals surface area contributed by atoms with Crippen LogP contribution in [0.1, 0.15) is 33.6 Å². The van der Waals surface area contributed by atoms with E-state index in [0.29, 0.717) is 10.6 Å². The van der Waals surface area contributed by atoms with Crippen LogP contribution in [-0.2, 0) is 12.7 Å². The zero-order valence-corrected chi connectivity index (χ0v) is 16.2. The van der Waals surface area contributed by atoms with E-state index >= 15 is 0 Å². The van der Waals surface area contributed by atoms with Crippen LogP contribution in [0.3, 0.4) is 0 Å². The van der Waals surface area contributed by atoms with Crippen LogP contribution >= 0.6 is 23.2 Å². The van der Waals surface area contributed by atoms with E-state index in [1.807, 2.05) is 0 Å². The highest BCUT2D eigenvalue weighted by Gasteiger charge is 2.43. The summed E-state index contributed by atoms with van der Waals surface area (Å²) in [5.74, 6) is -1.46. The van der Waals surface area contributed by atoms with Crippen LogP contribution in [0.15, 0.2) is 48.5 Å². The monoisotopic (exact) mass is 440 g/mol. The number of hydrogen-bond donors (Lipinski definition) is 0. The Hall–Kier alpha value is -2.58. The van der Waals surface area contributed by atoms with E-state index in [0.717, 1.165) is 4.57 Å². The predicted molar refractivity (Wildman–Crippen MR) is 101 cm³/mol. The van der Waals surface area contributed by atoms with Gasteiger partial charge in [-0.15, -0.1) is 10.2 Å². The lowest BCUT2D eigenvalue weighted by Gasteiger charge is -2.36. The van der Waals surface area contributed by atoms with Gasteiger partial charge >= 0.3 is 6.18 Å². The molecule has 0 saturated carbocycles. The van der Waals surface area contributed by atoms with Gasteiger partial charge in [0.1, 0.15) is 6.04 Å². The molecule has 1 aliphatic rings. The van der Waals surface area contributed by atoms with Gasteiger partial charge in [-0.3, -0.25) is 4.79 Å². The number of hydrogen-bond acceptors (Lipinski definition) is 3. The van der Waals surface area contributed by atoms with Gasteiger partial charge in [-0.05, 0) is 23.8 Å². The molecule has 1 amide bonds. The van der Waals surface area contributed by atoms with Crippen molar-refractivity contribution in [2.45, 2.75) is 18.8 Å². The molecule has 10 heteroatoms. The number of alkyl halides is 3. The lowest BCUT2D eigenvalue weighted by Crippen LogP contribution is -2.43. The Morgan fingerprint density at radius 1 is 1.03 bits per heavy atom. The minimum atomic E-state index is -4.64. The fraction of sp³-hybridized carbons (Fsp3) is 0.211. The van der Waals surface area contributed by atoms with Crippen molar-refractivity contribution in [2.75, 3.05) is 6.54 Å². The predicted octanol–water partition coefficient (Wildman–Crippen LogP) is 4.85. The third kappa shape index (κ3) is 3.58. The first-order valence-corrected chi connectivity index (χ1v) is 9.34. The molecule has 0 fully saturated rings. The Kier molecular flexibility index (Phi) is 5.00. The van der Waals surface area contributed by atoms with Gasteiger partial charge in [-0.25, -0.2) is 0 Å². The Labute approximate surface area is 173 Å². The van der Waals surface area contributed by atoms with E-state index in [-0.39, 0.29) is 29.5 Å². The number of fused-ring (bicyclic) bond motifs is 1. The second-order valence-electron chi connectivity index (χ2n) is 6.47. The Balaban J connectivity index is 1.82. The van der Waals surface area contributed by atoms with E-state index in [1.165, 1.54) is 23.1 Å². The van der Waals surface area contributed by atoms with E-state index in [9.17, 15) is 18.0 Å². The highest BCUT2D eigenvalue weighted by atomic mass is 35.5. The highest BCUT2D eigenvalue weighted by Crippen LogP contribution is 2.37. The molecule has 0 saturated heterocycles. The van der Waals surface area contributed by atoms with Crippen LogP contribution in [0, 0.1) is 0 Å². The topological polar surface area (TPSA) is 51.0 Å². The molecule has 0 aliphatic carbocycles. The van der Waals surface area contributed by atoms with Crippen molar-refractivity contribution < 1.29 is 18.0 Å². The summed E-state index contributed by atoms with van der Waals surface area (Å²) in [7, 11) is 0. The number of nitrogens with zero attached hydrogens (tertiary/aromatic N) is 4. The van der Waals surface area contributed by atoms with E-state index in [2.05, 4.69) is 10.2 Å². The zero-order chi connectivity index (χ0) is 20.8. The summed E-state index contributed by atoms with van der Waals surface area (Å²) >= 11 is 12.1. The van der Waals surface area contributed by atoms with Gasteiger partial charge in [0.25, 0.3) is 5.91 Å². The number of carbonyl (C=O) groups excluding carboxylic acids is 1. The number of benzene rings is 2.